The molecule has 31 heavy (non-hydrogen) atoms. The Morgan fingerprint density at radius 2 is 1.74 bits per heavy atom. The number of halogens is 1. The zero-order valence-corrected chi connectivity index (χ0v) is 17.7. The van der Waals surface area contributed by atoms with Crippen LogP contribution in [0.5, 0.6) is 0 Å². The summed E-state index contributed by atoms with van der Waals surface area (Å²) in [5.74, 6) is 0.559. The molecule has 2 aromatic rings. The van der Waals surface area contributed by atoms with Gasteiger partial charge in [0.25, 0.3) is 0 Å². The van der Waals surface area contributed by atoms with E-state index < -0.39 is 0 Å². The Morgan fingerprint density at radius 3 is 2.42 bits per heavy atom. The lowest BCUT2D eigenvalue weighted by Gasteiger charge is -2.36. The van der Waals surface area contributed by atoms with Gasteiger partial charge in [-0.15, -0.1) is 0 Å². The van der Waals surface area contributed by atoms with Crippen LogP contribution in [0.2, 0.25) is 0 Å². The molecule has 1 spiro atoms. The van der Waals surface area contributed by atoms with E-state index in [1.807, 2.05) is 18.2 Å². The molecule has 166 valence electrons. The second-order valence-corrected chi connectivity index (χ2v) is 8.94. The Balaban J connectivity index is 1.08. The summed E-state index contributed by atoms with van der Waals surface area (Å²) in [5, 5.41) is 3.78. The Kier molecular flexibility index (Phi) is 5.56. The lowest BCUT2D eigenvalue weighted by atomic mass is 9.76. The first kappa shape index (κ1) is 20.3. The molecular weight excluding hydrogens is 399 g/mol. The van der Waals surface area contributed by atoms with Crippen molar-refractivity contribution in [2.75, 3.05) is 55.6 Å². The SMILES string of the molecule is O=C1O[C@@H](CCN2CCN(c3ccc(F)cc3)CC2)CC12CCN(c1ccno1)CC2. The molecule has 0 unspecified atom stereocenters. The number of ether oxygens (including phenoxy) is 1. The lowest BCUT2D eigenvalue weighted by Crippen LogP contribution is -2.47. The van der Waals surface area contributed by atoms with Crippen LogP contribution in [-0.2, 0) is 9.53 Å². The third kappa shape index (κ3) is 4.26. The van der Waals surface area contributed by atoms with Crippen LogP contribution in [0, 0.1) is 11.2 Å². The molecule has 0 aliphatic carbocycles. The van der Waals surface area contributed by atoms with Crippen molar-refractivity contribution >= 4 is 17.5 Å². The molecular formula is C23H29FN4O3. The van der Waals surface area contributed by atoms with Crippen molar-refractivity contribution in [3.8, 4) is 0 Å². The van der Waals surface area contributed by atoms with E-state index in [2.05, 4.69) is 19.9 Å². The number of nitrogens with zero attached hydrogens (tertiary/aromatic N) is 4. The molecule has 0 N–H and O–H groups in total. The minimum atomic E-state index is -0.331. The highest BCUT2D eigenvalue weighted by Crippen LogP contribution is 2.44. The Hall–Kier alpha value is -2.61. The van der Waals surface area contributed by atoms with Crippen molar-refractivity contribution in [1.29, 1.82) is 0 Å². The predicted molar refractivity (Wildman–Crippen MR) is 115 cm³/mol. The number of carbonyl (C=O) groups is 1. The molecule has 1 aromatic carbocycles. The van der Waals surface area contributed by atoms with Crippen LogP contribution < -0.4 is 9.80 Å². The number of hydrogen-bond acceptors (Lipinski definition) is 7. The van der Waals surface area contributed by atoms with E-state index in [1.165, 1.54) is 12.1 Å². The van der Waals surface area contributed by atoms with Gasteiger partial charge in [0, 0.05) is 64.0 Å². The number of hydrogen-bond donors (Lipinski definition) is 0. The minimum Gasteiger partial charge on any atom is -0.462 e. The summed E-state index contributed by atoms with van der Waals surface area (Å²) in [5.41, 5.74) is 0.743. The summed E-state index contributed by atoms with van der Waals surface area (Å²) in [6.45, 7) is 6.32. The van der Waals surface area contributed by atoms with E-state index in [0.29, 0.717) is 0 Å². The van der Waals surface area contributed by atoms with Crippen LogP contribution >= 0.6 is 0 Å². The Morgan fingerprint density at radius 1 is 1.00 bits per heavy atom. The summed E-state index contributed by atoms with van der Waals surface area (Å²) in [6.07, 6.45) is 4.98. The monoisotopic (exact) mass is 428 g/mol. The van der Waals surface area contributed by atoms with E-state index in [0.717, 1.165) is 83.1 Å². The van der Waals surface area contributed by atoms with E-state index >= 15 is 0 Å². The number of anilines is 2. The van der Waals surface area contributed by atoms with Crippen molar-refractivity contribution < 1.29 is 18.4 Å². The molecule has 7 nitrogen and oxygen atoms in total. The number of benzene rings is 1. The molecule has 1 atom stereocenters. The number of carbonyl (C=O) groups excluding carboxylic acids is 1. The molecule has 3 fully saturated rings. The Bertz CT molecular complexity index is 873. The third-order valence-electron chi connectivity index (χ3n) is 7.11. The number of piperazine rings is 1. The van der Waals surface area contributed by atoms with Gasteiger partial charge in [-0.3, -0.25) is 9.69 Å². The summed E-state index contributed by atoms with van der Waals surface area (Å²) in [6, 6.07) is 8.58. The fourth-order valence-electron chi connectivity index (χ4n) is 5.14. The van der Waals surface area contributed by atoms with E-state index in [9.17, 15) is 9.18 Å². The van der Waals surface area contributed by atoms with Gasteiger partial charge in [-0.25, -0.2) is 4.39 Å². The first-order valence-corrected chi connectivity index (χ1v) is 11.2. The van der Waals surface area contributed by atoms with E-state index in [1.54, 1.807) is 6.20 Å². The third-order valence-corrected chi connectivity index (χ3v) is 7.11. The molecule has 8 heteroatoms. The van der Waals surface area contributed by atoms with Crippen molar-refractivity contribution in [2.45, 2.75) is 31.8 Å². The largest absolute Gasteiger partial charge is 0.462 e. The van der Waals surface area contributed by atoms with Gasteiger partial charge in [0.1, 0.15) is 11.9 Å². The first-order chi connectivity index (χ1) is 15.1. The van der Waals surface area contributed by atoms with Crippen LogP contribution in [0.15, 0.2) is 41.1 Å². The van der Waals surface area contributed by atoms with Crippen LogP contribution in [-0.4, -0.2) is 67.9 Å². The van der Waals surface area contributed by atoms with Gasteiger partial charge < -0.3 is 19.1 Å². The smallest absolute Gasteiger partial charge is 0.312 e. The van der Waals surface area contributed by atoms with Gasteiger partial charge in [-0.05, 0) is 43.5 Å². The fraction of sp³-hybridized carbons (Fsp3) is 0.565. The van der Waals surface area contributed by atoms with Crippen molar-refractivity contribution in [2.24, 2.45) is 5.41 Å². The zero-order chi connectivity index (χ0) is 21.3. The van der Waals surface area contributed by atoms with Crippen molar-refractivity contribution in [1.82, 2.24) is 10.1 Å². The standard InChI is InChI=1S/C23H29FN4O3/c24-18-1-3-19(4-2-18)27-15-13-26(14-16-27)10-6-20-17-23(22(29)30-20)7-11-28(12-8-23)21-5-9-25-31-21/h1-5,9,20H,6-8,10-17H2/t20-/m0/s1. The number of aromatic nitrogens is 1. The highest BCUT2D eigenvalue weighted by Gasteiger charge is 2.50. The molecule has 4 heterocycles. The van der Waals surface area contributed by atoms with Crippen LogP contribution in [0.25, 0.3) is 0 Å². The van der Waals surface area contributed by atoms with Crippen LogP contribution in [0.4, 0.5) is 16.0 Å². The molecule has 3 saturated heterocycles. The number of esters is 1. The summed E-state index contributed by atoms with van der Waals surface area (Å²) >= 11 is 0. The lowest BCUT2D eigenvalue weighted by molar-refractivity contribution is -0.149. The molecule has 0 bridgehead atoms. The predicted octanol–water partition coefficient (Wildman–Crippen LogP) is 2.93. The highest BCUT2D eigenvalue weighted by atomic mass is 19.1. The average molecular weight is 429 g/mol. The second kappa shape index (κ2) is 8.49. The molecule has 0 radical (unpaired) electrons. The van der Waals surface area contributed by atoms with E-state index in [-0.39, 0.29) is 23.3 Å². The summed E-state index contributed by atoms with van der Waals surface area (Å²) in [7, 11) is 0. The Labute approximate surface area is 181 Å². The normalized spacial score (nSPS) is 24.0. The van der Waals surface area contributed by atoms with Crippen molar-refractivity contribution in [3.63, 3.8) is 0 Å². The average Bonchev–Trinajstić information content (AvgIpc) is 3.43. The van der Waals surface area contributed by atoms with Gasteiger partial charge in [0.15, 0.2) is 0 Å². The van der Waals surface area contributed by atoms with Gasteiger partial charge >= 0.3 is 5.97 Å². The second-order valence-electron chi connectivity index (χ2n) is 8.94. The topological polar surface area (TPSA) is 62.1 Å². The number of rotatable bonds is 5. The minimum absolute atomic E-state index is 0.0134. The summed E-state index contributed by atoms with van der Waals surface area (Å²) in [4.78, 5) is 19.6. The molecule has 1 aromatic heterocycles. The number of piperidine rings is 1. The maximum atomic E-state index is 13.1. The molecule has 5 rings (SSSR count). The maximum Gasteiger partial charge on any atom is 0.312 e. The van der Waals surface area contributed by atoms with Gasteiger partial charge in [0.2, 0.25) is 5.88 Å². The maximum absolute atomic E-state index is 13.1. The quantitative estimate of drug-likeness (QED) is 0.679. The first-order valence-electron chi connectivity index (χ1n) is 11.2. The van der Waals surface area contributed by atoms with Crippen LogP contribution in [0.1, 0.15) is 25.7 Å². The van der Waals surface area contributed by atoms with Gasteiger partial charge in [-0.1, -0.05) is 5.16 Å². The molecule has 0 amide bonds. The van der Waals surface area contributed by atoms with Gasteiger partial charge in [-0.2, -0.15) is 0 Å². The number of cyclic esters (lactones) is 1. The van der Waals surface area contributed by atoms with E-state index in [4.69, 9.17) is 9.26 Å². The summed E-state index contributed by atoms with van der Waals surface area (Å²) < 4.78 is 24.2. The van der Waals surface area contributed by atoms with Gasteiger partial charge in [0.05, 0.1) is 11.6 Å². The fourth-order valence-corrected chi connectivity index (χ4v) is 5.14. The molecule has 0 saturated carbocycles. The van der Waals surface area contributed by atoms with Crippen molar-refractivity contribution in [3.05, 3.63) is 42.3 Å². The zero-order valence-electron chi connectivity index (χ0n) is 17.7. The highest BCUT2D eigenvalue weighted by molar-refractivity contribution is 5.79. The molecule has 3 aliphatic rings. The molecule has 3 aliphatic heterocycles. The van der Waals surface area contributed by atoms with Crippen LogP contribution in [0.3, 0.4) is 0 Å².